The van der Waals surface area contributed by atoms with Gasteiger partial charge in [0.1, 0.15) is 3.70 Å². The molecule has 0 aromatic carbocycles. The van der Waals surface area contributed by atoms with E-state index in [4.69, 9.17) is 0 Å². The number of carbonyl (C=O) groups is 1. The normalized spacial score (nSPS) is 25.1. The molecule has 2 atom stereocenters. The molecule has 2 N–H and O–H groups in total. The summed E-state index contributed by atoms with van der Waals surface area (Å²) in [6.07, 6.45) is 0.359. The van der Waals surface area contributed by atoms with E-state index in [0.717, 1.165) is 12.1 Å². The minimum atomic E-state index is -0.410. The van der Waals surface area contributed by atoms with Crippen LogP contribution in [0.4, 0.5) is 0 Å². The quantitative estimate of drug-likeness (QED) is 0.748. The third-order valence-electron chi connectivity index (χ3n) is 3.04. The van der Waals surface area contributed by atoms with Gasteiger partial charge in [-0.15, -0.1) is 0 Å². The van der Waals surface area contributed by atoms with Crippen LogP contribution in [-0.2, 0) is 0 Å². The molecule has 0 saturated carbocycles. The number of amides is 1. The van der Waals surface area contributed by atoms with Crippen molar-refractivity contribution < 1.29 is 9.90 Å². The van der Waals surface area contributed by atoms with Crippen molar-refractivity contribution in [2.24, 2.45) is 5.92 Å². The summed E-state index contributed by atoms with van der Waals surface area (Å²) in [6.45, 7) is 5.02. The van der Waals surface area contributed by atoms with Gasteiger partial charge in [0.25, 0.3) is 5.91 Å². The van der Waals surface area contributed by atoms with Gasteiger partial charge in [-0.05, 0) is 41.9 Å². The van der Waals surface area contributed by atoms with Crippen molar-refractivity contribution >= 4 is 28.5 Å². The van der Waals surface area contributed by atoms with Crippen LogP contribution in [0.25, 0.3) is 0 Å². The highest BCUT2D eigenvalue weighted by Crippen LogP contribution is 2.21. The standard InChI is InChI=1S/C11H16IN3O2/c1-6-3-8(16)5-15(4-6)11(17)9-7(2)13-14-10(9)12/h6,8,16H,3-5H2,1-2H3,(H,13,14)/t6-,8+/m1/s1. The zero-order valence-corrected chi connectivity index (χ0v) is 12.1. The number of hydrogen-bond acceptors (Lipinski definition) is 3. The van der Waals surface area contributed by atoms with Crippen molar-refractivity contribution in [3.8, 4) is 0 Å². The summed E-state index contributed by atoms with van der Waals surface area (Å²) in [7, 11) is 0. The first-order valence-corrected chi connectivity index (χ1v) is 6.74. The van der Waals surface area contributed by atoms with Crippen LogP contribution in [-0.4, -0.2) is 45.3 Å². The molecule has 5 nitrogen and oxygen atoms in total. The third-order valence-corrected chi connectivity index (χ3v) is 3.82. The fourth-order valence-corrected chi connectivity index (χ4v) is 3.05. The minimum Gasteiger partial charge on any atom is -0.391 e. The number of nitrogens with zero attached hydrogens (tertiary/aromatic N) is 2. The SMILES string of the molecule is Cc1[nH]nc(I)c1C(=O)N1C[C@H](C)C[C@H](O)C1. The van der Waals surface area contributed by atoms with E-state index in [2.05, 4.69) is 39.7 Å². The number of β-amino-alcohol motifs (C(OH)–C–C–N with tert-alkyl or cyclic N) is 1. The molecule has 2 rings (SSSR count). The summed E-state index contributed by atoms with van der Waals surface area (Å²) in [4.78, 5) is 14.1. The number of aromatic nitrogens is 2. The molecule has 1 amide bonds. The summed E-state index contributed by atoms with van der Waals surface area (Å²) in [5, 5.41) is 16.5. The molecule has 94 valence electrons. The van der Waals surface area contributed by atoms with Gasteiger partial charge in [0.05, 0.1) is 11.7 Å². The van der Waals surface area contributed by atoms with Gasteiger partial charge in [-0.25, -0.2) is 0 Å². The Balaban J connectivity index is 2.20. The lowest BCUT2D eigenvalue weighted by atomic mass is 9.97. The Morgan fingerprint density at radius 2 is 2.29 bits per heavy atom. The third kappa shape index (κ3) is 2.62. The average molecular weight is 349 g/mol. The van der Waals surface area contributed by atoms with Crippen molar-refractivity contribution in [1.82, 2.24) is 15.1 Å². The number of nitrogens with one attached hydrogen (secondary N) is 1. The molecule has 1 aliphatic rings. The van der Waals surface area contributed by atoms with Crippen LogP contribution in [0.3, 0.4) is 0 Å². The molecule has 0 radical (unpaired) electrons. The molecule has 2 heterocycles. The fraction of sp³-hybridized carbons (Fsp3) is 0.636. The van der Waals surface area contributed by atoms with Gasteiger partial charge in [0, 0.05) is 18.8 Å². The Kier molecular flexibility index (Phi) is 3.72. The molecule has 0 spiro atoms. The maximum Gasteiger partial charge on any atom is 0.258 e. The number of aryl methyl sites for hydroxylation is 1. The van der Waals surface area contributed by atoms with E-state index >= 15 is 0 Å². The van der Waals surface area contributed by atoms with Crippen molar-refractivity contribution in [1.29, 1.82) is 0 Å². The fourth-order valence-electron chi connectivity index (χ4n) is 2.29. The Bertz CT molecular complexity index is 403. The Morgan fingerprint density at radius 1 is 1.59 bits per heavy atom. The average Bonchev–Trinajstić information content (AvgIpc) is 2.56. The molecule has 1 aliphatic heterocycles. The second-order valence-electron chi connectivity index (χ2n) is 4.72. The molecular weight excluding hydrogens is 333 g/mol. The summed E-state index contributed by atoms with van der Waals surface area (Å²) in [6, 6.07) is 0. The number of aliphatic hydroxyl groups excluding tert-OH is 1. The first-order valence-electron chi connectivity index (χ1n) is 5.66. The second kappa shape index (κ2) is 4.93. The Labute approximate surface area is 114 Å². The lowest BCUT2D eigenvalue weighted by Gasteiger charge is -2.34. The number of aliphatic hydroxyl groups is 1. The Hall–Kier alpha value is -0.630. The van der Waals surface area contributed by atoms with Crippen LogP contribution in [0, 0.1) is 16.5 Å². The number of halogens is 1. The largest absolute Gasteiger partial charge is 0.391 e. The van der Waals surface area contributed by atoms with Crippen molar-refractivity contribution in [2.75, 3.05) is 13.1 Å². The van der Waals surface area contributed by atoms with Crippen molar-refractivity contribution in [2.45, 2.75) is 26.4 Å². The molecule has 1 aromatic heterocycles. The van der Waals surface area contributed by atoms with Crippen LogP contribution in [0.5, 0.6) is 0 Å². The van der Waals surface area contributed by atoms with E-state index in [1.165, 1.54) is 0 Å². The van der Waals surface area contributed by atoms with Crippen LogP contribution in [0.1, 0.15) is 29.4 Å². The number of piperidine rings is 1. The molecule has 0 bridgehead atoms. The van der Waals surface area contributed by atoms with Gasteiger partial charge < -0.3 is 10.0 Å². The summed E-state index contributed by atoms with van der Waals surface area (Å²) in [5.41, 5.74) is 1.42. The Morgan fingerprint density at radius 3 is 2.82 bits per heavy atom. The maximum absolute atomic E-state index is 12.3. The van der Waals surface area contributed by atoms with Gasteiger partial charge in [0.15, 0.2) is 0 Å². The molecule has 1 fully saturated rings. The van der Waals surface area contributed by atoms with E-state index in [9.17, 15) is 9.90 Å². The van der Waals surface area contributed by atoms with E-state index in [-0.39, 0.29) is 5.91 Å². The highest BCUT2D eigenvalue weighted by Gasteiger charge is 2.29. The molecule has 0 unspecified atom stereocenters. The summed E-state index contributed by atoms with van der Waals surface area (Å²) in [5.74, 6) is 0.304. The van der Waals surface area contributed by atoms with Gasteiger partial charge >= 0.3 is 0 Å². The number of aromatic amines is 1. The number of carbonyl (C=O) groups excluding carboxylic acids is 1. The lowest BCUT2D eigenvalue weighted by molar-refractivity contribution is 0.0337. The lowest BCUT2D eigenvalue weighted by Crippen LogP contribution is -2.45. The van der Waals surface area contributed by atoms with Crippen molar-refractivity contribution in [3.05, 3.63) is 15.0 Å². The number of H-pyrrole nitrogens is 1. The van der Waals surface area contributed by atoms with Crippen LogP contribution < -0.4 is 0 Å². The minimum absolute atomic E-state index is 0.0359. The predicted molar refractivity (Wildman–Crippen MR) is 71.7 cm³/mol. The van der Waals surface area contributed by atoms with Gasteiger partial charge in [-0.3, -0.25) is 9.89 Å². The van der Waals surface area contributed by atoms with Gasteiger partial charge in [-0.2, -0.15) is 5.10 Å². The highest BCUT2D eigenvalue weighted by molar-refractivity contribution is 14.1. The van der Waals surface area contributed by atoms with Crippen LogP contribution in [0.2, 0.25) is 0 Å². The highest BCUT2D eigenvalue weighted by atomic mass is 127. The van der Waals surface area contributed by atoms with Crippen molar-refractivity contribution in [3.63, 3.8) is 0 Å². The van der Waals surface area contributed by atoms with Gasteiger partial charge in [0.2, 0.25) is 0 Å². The number of rotatable bonds is 1. The predicted octanol–water partition coefficient (Wildman–Crippen LogP) is 1.17. The van der Waals surface area contributed by atoms with Crippen LogP contribution in [0.15, 0.2) is 0 Å². The van der Waals surface area contributed by atoms with E-state index in [1.807, 2.05) is 6.92 Å². The maximum atomic E-state index is 12.3. The van der Waals surface area contributed by atoms with Gasteiger partial charge in [-0.1, -0.05) is 6.92 Å². The smallest absolute Gasteiger partial charge is 0.258 e. The van der Waals surface area contributed by atoms with E-state index < -0.39 is 6.10 Å². The molecule has 1 saturated heterocycles. The molecule has 17 heavy (non-hydrogen) atoms. The zero-order valence-electron chi connectivity index (χ0n) is 9.90. The molecule has 0 aliphatic carbocycles. The summed E-state index contributed by atoms with van der Waals surface area (Å²) >= 11 is 2.05. The van der Waals surface area contributed by atoms with E-state index in [1.54, 1.807) is 4.90 Å². The van der Waals surface area contributed by atoms with Crippen LogP contribution >= 0.6 is 22.6 Å². The monoisotopic (exact) mass is 349 g/mol. The number of hydrogen-bond donors (Lipinski definition) is 2. The first kappa shape index (κ1) is 12.8. The topological polar surface area (TPSA) is 69.2 Å². The molecular formula is C11H16IN3O2. The second-order valence-corrected chi connectivity index (χ2v) is 5.74. The zero-order chi connectivity index (χ0) is 12.6. The first-order chi connectivity index (χ1) is 7.99. The summed E-state index contributed by atoms with van der Waals surface area (Å²) < 4.78 is 0.692. The number of likely N-dealkylation sites (tertiary alicyclic amines) is 1. The van der Waals surface area contributed by atoms with E-state index in [0.29, 0.717) is 28.3 Å². The molecule has 6 heteroatoms. The molecule has 1 aromatic rings.